The van der Waals surface area contributed by atoms with Crippen LogP contribution in [0.5, 0.6) is 5.75 Å². The molecule has 0 spiro atoms. The molecule has 1 unspecified atom stereocenters. The molecule has 2 aromatic carbocycles. The van der Waals surface area contributed by atoms with Crippen LogP contribution >= 0.6 is 0 Å². The van der Waals surface area contributed by atoms with Crippen molar-refractivity contribution in [3.8, 4) is 5.75 Å². The van der Waals surface area contributed by atoms with Gasteiger partial charge in [0.25, 0.3) is 5.91 Å². The first-order valence-corrected chi connectivity index (χ1v) is 7.78. The topological polar surface area (TPSA) is 38.3 Å². The first-order chi connectivity index (χ1) is 10.6. The third kappa shape index (κ3) is 4.10. The molecule has 1 N–H and O–H groups in total. The Hall–Kier alpha value is -2.29. The fraction of sp³-hybridized carbons (Fsp3) is 0.316. The summed E-state index contributed by atoms with van der Waals surface area (Å²) in [6.07, 6.45) is 1.32. The number of carbonyl (C=O) groups is 1. The number of aryl methyl sites for hydroxylation is 2. The number of rotatable bonds is 6. The zero-order chi connectivity index (χ0) is 15.9. The highest BCUT2D eigenvalue weighted by Gasteiger charge is 2.16. The summed E-state index contributed by atoms with van der Waals surface area (Å²) in [5.74, 6) is 0.629. The molecule has 0 radical (unpaired) electrons. The van der Waals surface area contributed by atoms with Gasteiger partial charge >= 0.3 is 0 Å². The van der Waals surface area contributed by atoms with Gasteiger partial charge < -0.3 is 10.1 Å². The Balaban J connectivity index is 1.99. The number of hydrogen-bond acceptors (Lipinski definition) is 2. The second-order valence-electron chi connectivity index (χ2n) is 5.26. The largest absolute Gasteiger partial charge is 0.481 e. The third-order valence-corrected chi connectivity index (χ3v) is 3.66. The first kappa shape index (κ1) is 16.1. The maximum Gasteiger partial charge on any atom is 0.265 e. The SMILES string of the molecule is CCc1ccc(NC(=O)C(C)Oc2ccccc2CC)cc1. The fourth-order valence-electron chi connectivity index (χ4n) is 2.22. The molecular weight excluding hydrogens is 274 g/mol. The number of para-hydroxylation sites is 1. The molecule has 2 rings (SSSR count). The van der Waals surface area contributed by atoms with Crippen LogP contribution in [0.2, 0.25) is 0 Å². The van der Waals surface area contributed by atoms with Gasteiger partial charge in [-0.15, -0.1) is 0 Å². The van der Waals surface area contributed by atoms with E-state index >= 15 is 0 Å². The number of ether oxygens (including phenoxy) is 1. The second-order valence-corrected chi connectivity index (χ2v) is 5.26. The number of nitrogens with one attached hydrogen (secondary N) is 1. The Labute approximate surface area is 132 Å². The van der Waals surface area contributed by atoms with Gasteiger partial charge in [0.1, 0.15) is 5.75 Å². The van der Waals surface area contributed by atoms with E-state index in [0.29, 0.717) is 0 Å². The molecule has 1 amide bonds. The molecule has 0 aliphatic heterocycles. The van der Waals surface area contributed by atoms with E-state index in [2.05, 4.69) is 19.2 Å². The van der Waals surface area contributed by atoms with Gasteiger partial charge in [0.15, 0.2) is 6.10 Å². The van der Waals surface area contributed by atoms with Gasteiger partial charge in [-0.25, -0.2) is 0 Å². The molecule has 22 heavy (non-hydrogen) atoms. The Kier molecular flexibility index (Phi) is 5.59. The van der Waals surface area contributed by atoms with Crippen LogP contribution in [0.4, 0.5) is 5.69 Å². The van der Waals surface area contributed by atoms with E-state index in [9.17, 15) is 4.79 Å². The lowest BCUT2D eigenvalue weighted by Crippen LogP contribution is -2.30. The van der Waals surface area contributed by atoms with Crippen LogP contribution < -0.4 is 10.1 Å². The van der Waals surface area contributed by atoms with Crippen molar-refractivity contribution in [2.75, 3.05) is 5.32 Å². The predicted octanol–water partition coefficient (Wildman–Crippen LogP) is 4.22. The van der Waals surface area contributed by atoms with Crippen molar-refractivity contribution >= 4 is 11.6 Å². The highest BCUT2D eigenvalue weighted by molar-refractivity contribution is 5.94. The summed E-state index contributed by atoms with van der Waals surface area (Å²) in [5, 5.41) is 2.89. The zero-order valence-electron chi connectivity index (χ0n) is 13.4. The van der Waals surface area contributed by atoms with E-state index in [0.717, 1.165) is 29.8 Å². The van der Waals surface area contributed by atoms with Gasteiger partial charge in [-0.3, -0.25) is 4.79 Å². The average Bonchev–Trinajstić information content (AvgIpc) is 2.56. The van der Waals surface area contributed by atoms with E-state index in [-0.39, 0.29) is 5.91 Å². The molecule has 0 aliphatic carbocycles. The minimum absolute atomic E-state index is 0.143. The van der Waals surface area contributed by atoms with Gasteiger partial charge in [-0.2, -0.15) is 0 Å². The summed E-state index contributed by atoms with van der Waals surface area (Å²) < 4.78 is 5.80. The van der Waals surface area contributed by atoms with E-state index in [4.69, 9.17) is 4.74 Å². The monoisotopic (exact) mass is 297 g/mol. The van der Waals surface area contributed by atoms with Crippen LogP contribution in [0.3, 0.4) is 0 Å². The summed E-state index contributed by atoms with van der Waals surface area (Å²) in [5.41, 5.74) is 3.15. The quantitative estimate of drug-likeness (QED) is 0.867. The van der Waals surface area contributed by atoms with Crippen molar-refractivity contribution in [2.24, 2.45) is 0 Å². The lowest BCUT2D eigenvalue weighted by atomic mass is 10.1. The third-order valence-electron chi connectivity index (χ3n) is 3.66. The molecule has 0 aliphatic rings. The van der Waals surface area contributed by atoms with Crippen LogP contribution in [0, 0.1) is 0 Å². The van der Waals surface area contributed by atoms with Crippen molar-refractivity contribution in [3.05, 3.63) is 59.7 Å². The fourth-order valence-corrected chi connectivity index (χ4v) is 2.22. The molecule has 0 aromatic heterocycles. The molecule has 116 valence electrons. The molecule has 0 fully saturated rings. The number of carbonyl (C=O) groups excluding carboxylic acids is 1. The van der Waals surface area contributed by atoms with Crippen LogP contribution in [0.15, 0.2) is 48.5 Å². The van der Waals surface area contributed by atoms with Gasteiger partial charge in [0.05, 0.1) is 0 Å². The minimum atomic E-state index is -0.543. The summed E-state index contributed by atoms with van der Waals surface area (Å²) in [6.45, 7) is 5.94. The molecule has 0 saturated carbocycles. The number of benzene rings is 2. The zero-order valence-corrected chi connectivity index (χ0v) is 13.4. The predicted molar refractivity (Wildman–Crippen MR) is 90.4 cm³/mol. The van der Waals surface area contributed by atoms with Crippen LogP contribution in [0.25, 0.3) is 0 Å². The van der Waals surface area contributed by atoms with E-state index in [1.807, 2.05) is 48.5 Å². The van der Waals surface area contributed by atoms with Crippen molar-refractivity contribution in [1.82, 2.24) is 0 Å². The summed E-state index contributed by atoms with van der Waals surface area (Å²) in [7, 11) is 0. The number of hydrogen-bond donors (Lipinski definition) is 1. The minimum Gasteiger partial charge on any atom is -0.481 e. The molecule has 0 heterocycles. The second kappa shape index (κ2) is 7.64. The summed E-state index contributed by atoms with van der Waals surface area (Å²) >= 11 is 0. The number of amides is 1. The molecule has 2 aromatic rings. The Bertz CT molecular complexity index is 620. The molecule has 0 bridgehead atoms. The van der Waals surface area contributed by atoms with E-state index < -0.39 is 6.10 Å². The molecule has 0 saturated heterocycles. The van der Waals surface area contributed by atoms with E-state index in [1.165, 1.54) is 5.56 Å². The Morgan fingerprint density at radius 1 is 1.05 bits per heavy atom. The van der Waals surface area contributed by atoms with Crippen molar-refractivity contribution in [3.63, 3.8) is 0 Å². The van der Waals surface area contributed by atoms with Crippen molar-refractivity contribution < 1.29 is 9.53 Å². The number of anilines is 1. The standard InChI is InChI=1S/C19H23NO2/c1-4-15-10-12-17(13-11-15)20-19(21)14(3)22-18-9-7-6-8-16(18)5-2/h6-14H,4-5H2,1-3H3,(H,20,21). The summed E-state index contributed by atoms with van der Waals surface area (Å²) in [4.78, 5) is 12.2. The van der Waals surface area contributed by atoms with Gasteiger partial charge in [0, 0.05) is 5.69 Å². The van der Waals surface area contributed by atoms with Crippen LogP contribution in [0.1, 0.15) is 31.9 Å². The van der Waals surface area contributed by atoms with Crippen LogP contribution in [-0.4, -0.2) is 12.0 Å². The Morgan fingerprint density at radius 2 is 1.73 bits per heavy atom. The Morgan fingerprint density at radius 3 is 2.36 bits per heavy atom. The van der Waals surface area contributed by atoms with Crippen LogP contribution in [-0.2, 0) is 17.6 Å². The smallest absolute Gasteiger partial charge is 0.265 e. The highest BCUT2D eigenvalue weighted by Crippen LogP contribution is 2.20. The maximum absolute atomic E-state index is 12.2. The average molecular weight is 297 g/mol. The molecule has 1 atom stereocenters. The maximum atomic E-state index is 12.2. The van der Waals surface area contributed by atoms with Crippen molar-refractivity contribution in [1.29, 1.82) is 0 Å². The van der Waals surface area contributed by atoms with Gasteiger partial charge in [0.2, 0.25) is 0 Å². The van der Waals surface area contributed by atoms with Crippen molar-refractivity contribution in [2.45, 2.75) is 39.7 Å². The highest BCUT2D eigenvalue weighted by atomic mass is 16.5. The first-order valence-electron chi connectivity index (χ1n) is 7.78. The lowest BCUT2D eigenvalue weighted by Gasteiger charge is -2.17. The molecule has 3 heteroatoms. The summed E-state index contributed by atoms with van der Waals surface area (Å²) in [6, 6.07) is 15.7. The normalized spacial score (nSPS) is 11.8. The molecular formula is C19H23NO2. The van der Waals surface area contributed by atoms with Gasteiger partial charge in [-0.1, -0.05) is 44.2 Å². The lowest BCUT2D eigenvalue weighted by molar-refractivity contribution is -0.122. The van der Waals surface area contributed by atoms with Gasteiger partial charge in [-0.05, 0) is 49.1 Å². The molecule has 3 nitrogen and oxygen atoms in total. The van der Waals surface area contributed by atoms with E-state index in [1.54, 1.807) is 6.92 Å².